The van der Waals surface area contributed by atoms with E-state index in [0.717, 1.165) is 12.8 Å². The summed E-state index contributed by atoms with van der Waals surface area (Å²) in [6, 6.07) is 1.86. The van der Waals surface area contributed by atoms with Gasteiger partial charge in [0, 0.05) is 18.2 Å². The Morgan fingerprint density at radius 2 is 2.19 bits per heavy atom. The lowest BCUT2D eigenvalue weighted by Gasteiger charge is -2.22. The fraction of sp³-hybridized carbons (Fsp3) is 0.636. The molecule has 1 aromatic rings. The summed E-state index contributed by atoms with van der Waals surface area (Å²) in [6.07, 6.45) is 7.13. The highest BCUT2D eigenvalue weighted by Gasteiger charge is 2.20. The Balaban J connectivity index is 2.04. The lowest BCUT2D eigenvalue weighted by atomic mass is 10.0. The number of hydrogen-bond donors (Lipinski definition) is 3. The predicted octanol–water partition coefficient (Wildman–Crippen LogP) is 0.842. The van der Waals surface area contributed by atoms with Crippen LogP contribution < -0.4 is 16.6 Å². The molecule has 1 saturated carbocycles. The third kappa shape index (κ3) is 2.82. The summed E-state index contributed by atoms with van der Waals surface area (Å²) < 4.78 is 0. The van der Waals surface area contributed by atoms with E-state index in [0.29, 0.717) is 5.82 Å². The van der Waals surface area contributed by atoms with Crippen molar-refractivity contribution in [3.63, 3.8) is 0 Å². The largest absolute Gasteiger partial charge is 0.366 e. The van der Waals surface area contributed by atoms with Crippen molar-refractivity contribution in [2.75, 3.05) is 5.32 Å². The highest BCUT2D eigenvalue weighted by Crippen LogP contribution is 2.19. The van der Waals surface area contributed by atoms with Gasteiger partial charge in [0.05, 0.1) is 6.33 Å². The molecule has 0 bridgehead atoms. The van der Waals surface area contributed by atoms with Gasteiger partial charge in [0.25, 0.3) is 5.56 Å². The van der Waals surface area contributed by atoms with Crippen LogP contribution in [-0.4, -0.2) is 22.1 Å². The lowest BCUT2D eigenvalue weighted by Crippen LogP contribution is -2.39. The van der Waals surface area contributed by atoms with Crippen molar-refractivity contribution in [2.45, 2.75) is 44.2 Å². The van der Waals surface area contributed by atoms with Crippen LogP contribution in [0.4, 0.5) is 5.82 Å². The Bertz CT molecular complexity index is 390. The van der Waals surface area contributed by atoms with E-state index in [9.17, 15) is 4.79 Å². The second-order valence-corrected chi connectivity index (χ2v) is 4.35. The van der Waals surface area contributed by atoms with E-state index in [-0.39, 0.29) is 17.6 Å². The number of aromatic amines is 1. The van der Waals surface area contributed by atoms with Crippen LogP contribution in [0.2, 0.25) is 0 Å². The molecule has 1 aromatic heterocycles. The number of aromatic nitrogens is 2. The van der Waals surface area contributed by atoms with Gasteiger partial charge in [-0.1, -0.05) is 19.3 Å². The Morgan fingerprint density at radius 3 is 3.00 bits per heavy atom. The SMILES string of the molecule is NC1CCCCCC1Nc1cc(=O)[nH]cn1. The molecule has 1 fully saturated rings. The summed E-state index contributed by atoms with van der Waals surface area (Å²) in [5, 5.41) is 3.26. The second kappa shape index (κ2) is 5.12. The maximum absolute atomic E-state index is 11.1. The summed E-state index contributed by atoms with van der Waals surface area (Å²) in [5.74, 6) is 0.617. The number of nitrogens with one attached hydrogen (secondary N) is 2. The fourth-order valence-electron chi connectivity index (χ4n) is 2.15. The first-order chi connectivity index (χ1) is 7.75. The molecular weight excluding hydrogens is 204 g/mol. The van der Waals surface area contributed by atoms with Crippen LogP contribution in [0.3, 0.4) is 0 Å². The van der Waals surface area contributed by atoms with E-state index < -0.39 is 0 Å². The normalized spacial score (nSPS) is 26.1. The van der Waals surface area contributed by atoms with E-state index in [1.54, 1.807) is 0 Å². The van der Waals surface area contributed by atoms with E-state index in [1.807, 2.05) is 0 Å². The summed E-state index contributed by atoms with van der Waals surface area (Å²) in [4.78, 5) is 17.7. The first kappa shape index (κ1) is 11.1. The molecule has 1 aliphatic rings. The van der Waals surface area contributed by atoms with Gasteiger partial charge in [0.1, 0.15) is 5.82 Å². The summed E-state index contributed by atoms with van der Waals surface area (Å²) in [5.41, 5.74) is 5.95. The van der Waals surface area contributed by atoms with E-state index in [4.69, 9.17) is 5.73 Å². The smallest absolute Gasteiger partial charge is 0.252 e. The summed E-state index contributed by atoms with van der Waals surface area (Å²) in [7, 11) is 0. The fourth-order valence-corrected chi connectivity index (χ4v) is 2.15. The van der Waals surface area contributed by atoms with Crippen LogP contribution in [0.1, 0.15) is 32.1 Å². The predicted molar refractivity (Wildman–Crippen MR) is 63.3 cm³/mol. The first-order valence-corrected chi connectivity index (χ1v) is 5.82. The molecule has 1 heterocycles. The molecule has 16 heavy (non-hydrogen) atoms. The van der Waals surface area contributed by atoms with Gasteiger partial charge in [-0.2, -0.15) is 0 Å². The zero-order chi connectivity index (χ0) is 11.4. The molecule has 2 unspecified atom stereocenters. The Labute approximate surface area is 94.5 Å². The molecule has 5 nitrogen and oxygen atoms in total. The van der Waals surface area contributed by atoms with Crippen LogP contribution in [0.25, 0.3) is 0 Å². The zero-order valence-electron chi connectivity index (χ0n) is 9.28. The quantitative estimate of drug-likeness (QED) is 0.647. The minimum absolute atomic E-state index is 0.139. The van der Waals surface area contributed by atoms with Crippen LogP contribution in [0.15, 0.2) is 17.2 Å². The van der Waals surface area contributed by atoms with Crippen molar-refractivity contribution in [1.29, 1.82) is 0 Å². The maximum Gasteiger partial charge on any atom is 0.252 e. The number of rotatable bonds is 2. The van der Waals surface area contributed by atoms with Crippen molar-refractivity contribution in [1.82, 2.24) is 9.97 Å². The molecule has 88 valence electrons. The van der Waals surface area contributed by atoms with Crippen molar-refractivity contribution in [3.05, 3.63) is 22.7 Å². The topological polar surface area (TPSA) is 83.8 Å². The maximum atomic E-state index is 11.1. The average Bonchev–Trinajstić information content (AvgIpc) is 2.45. The highest BCUT2D eigenvalue weighted by molar-refractivity contribution is 5.33. The van der Waals surface area contributed by atoms with Gasteiger partial charge in [-0.3, -0.25) is 4.79 Å². The second-order valence-electron chi connectivity index (χ2n) is 4.35. The number of H-pyrrole nitrogens is 1. The lowest BCUT2D eigenvalue weighted by molar-refractivity contribution is 0.527. The number of nitrogens with zero attached hydrogens (tertiary/aromatic N) is 1. The van der Waals surface area contributed by atoms with Crippen LogP contribution >= 0.6 is 0 Å². The summed E-state index contributed by atoms with van der Waals surface area (Å²) >= 11 is 0. The van der Waals surface area contributed by atoms with E-state index in [1.165, 1.54) is 31.7 Å². The molecule has 0 saturated heterocycles. The van der Waals surface area contributed by atoms with E-state index in [2.05, 4.69) is 15.3 Å². The molecule has 0 aliphatic heterocycles. The third-order valence-corrected chi connectivity index (χ3v) is 3.08. The molecule has 4 N–H and O–H groups in total. The molecule has 0 spiro atoms. The first-order valence-electron chi connectivity index (χ1n) is 5.82. The molecule has 5 heteroatoms. The molecule has 1 aliphatic carbocycles. The van der Waals surface area contributed by atoms with Gasteiger partial charge in [-0.05, 0) is 12.8 Å². The highest BCUT2D eigenvalue weighted by atomic mass is 16.1. The van der Waals surface area contributed by atoms with Crippen molar-refractivity contribution in [3.8, 4) is 0 Å². The third-order valence-electron chi connectivity index (χ3n) is 3.08. The molecule has 2 atom stereocenters. The number of hydrogen-bond acceptors (Lipinski definition) is 4. The zero-order valence-corrected chi connectivity index (χ0v) is 9.28. The molecule has 0 aromatic carbocycles. The van der Waals surface area contributed by atoms with Gasteiger partial charge in [-0.25, -0.2) is 4.98 Å². The van der Waals surface area contributed by atoms with Gasteiger partial charge in [0.15, 0.2) is 0 Å². The van der Waals surface area contributed by atoms with Gasteiger partial charge < -0.3 is 16.0 Å². The average molecular weight is 222 g/mol. The van der Waals surface area contributed by atoms with Gasteiger partial charge in [-0.15, -0.1) is 0 Å². The minimum atomic E-state index is -0.139. The van der Waals surface area contributed by atoms with Gasteiger partial charge in [0.2, 0.25) is 0 Å². The van der Waals surface area contributed by atoms with Crippen molar-refractivity contribution in [2.24, 2.45) is 5.73 Å². The Kier molecular flexibility index (Phi) is 3.56. The Morgan fingerprint density at radius 1 is 1.38 bits per heavy atom. The van der Waals surface area contributed by atoms with Crippen molar-refractivity contribution < 1.29 is 0 Å². The monoisotopic (exact) mass is 222 g/mol. The molecule has 2 rings (SSSR count). The van der Waals surface area contributed by atoms with Crippen molar-refractivity contribution >= 4 is 5.82 Å². The number of anilines is 1. The number of nitrogens with two attached hydrogens (primary N) is 1. The van der Waals surface area contributed by atoms with Crippen LogP contribution in [-0.2, 0) is 0 Å². The molecule has 0 amide bonds. The van der Waals surface area contributed by atoms with Crippen LogP contribution in [0.5, 0.6) is 0 Å². The van der Waals surface area contributed by atoms with Gasteiger partial charge >= 0.3 is 0 Å². The minimum Gasteiger partial charge on any atom is -0.366 e. The van der Waals surface area contributed by atoms with E-state index >= 15 is 0 Å². The summed E-state index contributed by atoms with van der Waals surface area (Å²) in [6.45, 7) is 0. The standard InChI is InChI=1S/C11H18N4O/c12-8-4-2-1-3-5-9(8)15-10-6-11(16)14-7-13-10/h6-9H,1-5,12H2,(H2,13,14,15,16). The molecule has 0 radical (unpaired) electrons. The van der Waals surface area contributed by atoms with Crippen LogP contribution in [0, 0.1) is 0 Å². The molecular formula is C11H18N4O. The Hall–Kier alpha value is -1.36.